The van der Waals surface area contributed by atoms with E-state index in [-0.39, 0.29) is 17.2 Å². The van der Waals surface area contributed by atoms with Gasteiger partial charge in [-0.25, -0.2) is 13.1 Å². The molecule has 0 amide bonds. The van der Waals surface area contributed by atoms with E-state index in [0.717, 1.165) is 6.42 Å². The highest BCUT2D eigenvalue weighted by atomic mass is 32.2. The fourth-order valence-electron chi connectivity index (χ4n) is 1.77. The summed E-state index contributed by atoms with van der Waals surface area (Å²) in [7, 11) is -3.70. The highest BCUT2D eigenvalue weighted by Crippen LogP contribution is 2.13. The molecule has 0 aliphatic heterocycles. The molecule has 112 valence electrons. The number of benzene rings is 1. The summed E-state index contributed by atoms with van der Waals surface area (Å²) in [5, 5.41) is 9.56. The van der Waals surface area contributed by atoms with Crippen LogP contribution in [-0.2, 0) is 10.0 Å². The van der Waals surface area contributed by atoms with Crippen LogP contribution in [0.2, 0.25) is 0 Å². The summed E-state index contributed by atoms with van der Waals surface area (Å²) in [6.07, 6.45) is 0.946. The summed E-state index contributed by atoms with van der Waals surface area (Å²) in [4.78, 5) is 11.6. The van der Waals surface area contributed by atoms with E-state index in [1.807, 2.05) is 6.92 Å². The van der Waals surface area contributed by atoms with Gasteiger partial charge in [0.2, 0.25) is 10.0 Å². The predicted molar refractivity (Wildman–Crippen MR) is 77.2 cm³/mol. The zero-order valence-electron chi connectivity index (χ0n) is 11.8. The molecule has 1 unspecified atom stereocenters. The molecule has 1 aromatic carbocycles. The molecule has 0 fully saturated rings. The normalized spacial score (nSPS) is 13.2. The fourth-order valence-corrected chi connectivity index (χ4v) is 2.88. The molecule has 0 spiro atoms. The van der Waals surface area contributed by atoms with Gasteiger partial charge in [0.15, 0.2) is 5.78 Å². The highest BCUT2D eigenvalue weighted by Gasteiger charge is 2.17. The quantitative estimate of drug-likeness (QED) is 0.716. The topological polar surface area (TPSA) is 83.5 Å². The smallest absolute Gasteiger partial charge is 0.240 e. The first-order valence-electron chi connectivity index (χ1n) is 6.71. The molecule has 0 radical (unpaired) electrons. The molecule has 0 saturated carbocycles. The third-order valence-electron chi connectivity index (χ3n) is 2.92. The minimum absolute atomic E-state index is 0.0257. The van der Waals surface area contributed by atoms with Crippen molar-refractivity contribution in [3.63, 3.8) is 0 Å². The number of aliphatic hydroxyl groups is 1. The van der Waals surface area contributed by atoms with E-state index in [0.29, 0.717) is 18.4 Å². The number of ketones is 1. The van der Waals surface area contributed by atoms with Crippen molar-refractivity contribution in [3.8, 4) is 0 Å². The van der Waals surface area contributed by atoms with Gasteiger partial charge >= 0.3 is 0 Å². The Kier molecular flexibility index (Phi) is 6.32. The van der Waals surface area contributed by atoms with Crippen molar-refractivity contribution in [1.29, 1.82) is 0 Å². The van der Waals surface area contributed by atoms with Gasteiger partial charge in [-0.3, -0.25) is 4.79 Å². The molecular formula is C14H21NO4S. The minimum atomic E-state index is -3.70. The number of rotatable bonds is 8. The van der Waals surface area contributed by atoms with Crippen molar-refractivity contribution >= 4 is 15.8 Å². The van der Waals surface area contributed by atoms with E-state index in [1.165, 1.54) is 12.1 Å². The molecule has 0 aromatic heterocycles. The number of carbonyl (C=O) groups excluding carboxylic acids is 1. The summed E-state index contributed by atoms with van der Waals surface area (Å²) in [5.41, 5.74) is 0.379. The summed E-state index contributed by atoms with van der Waals surface area (Å²) < 4.78 is 26.5. The SMILES string of the molecule is CCCC(O)CNS(=O)(=O)c1cccc(C(=O)CC)c1. The Morgan fingerprint density at radius 3 is 2.65 bits per heavy atom. The van der Waals surface area contributed by atoms with E-state index in [2.05, 4.69) is 4.72 Å². The molecule has 0 aliphatic rings. The van der Waals surface area contributed by atoms with Crippen LogP contribution in [0.4, 0.5) is 0 Å². The Bertz CT molecular complexity index is 554. The second kappa shape index (κ2) is 7.52. The molecule has 2 N–H and O–H groups in total. The molecule has 0 aliphatic carbocycles. The lowest BCUT2D eigenvalue weighted by Gasteiger charge is -2.11. The second-order valence-electron chi connectivity index (χ2n) is 4.60. The van der Waals surface area contributed by atoms with Crippen LogP contribution in [0.5, 0.6) is 0 Å². The van der Waals surface area contributed by atoms with Crippen LogP contribution in [0.3, 0.4) is 0 Å². The van der Waals surface area contributed by atoms with Gasteiger partial charge in [0.1, 0.15) is 0 Å². The van der Waals surface area contributed by atoms with Gasteiger partial charge < -0.3 is 5.11 Å². The predicted octanol–water partition coefficient (Wildman–Crippen LogP) is 1.72. The van der Waals surface area contributed by atoms with Gasteiger partial charge in [-0.05, 0) is 18.6 Å². The second-order valence-corrected chi connectivity index (χ2v) is 6.37. The molecular weight excluding hydrogens is 278 g/mol. The first-order valence-corrected chi connectivity index (χ1v) is 8.20. The van der Waals surface area contributed by atoms with Crippen molar-refractivity contribution in [2.75, 3.05) is 6.54 Å². The molecule has 6 heteroatoms. The van der Waals surface area contributed by atoms with Gasteiger partial charge in [-0.1, -0.05) is 32.4 Å². The van der Waals surface area contributed by atoms with Crippen molar-refractivity contribution in [2.24, 2.45) is 0 Å². The number of Topliss-reactive ketones (excluding diaryl/α,β-unsaturated/α-hetero) is 1. The van der Waals surface area contributed by atoms with Crippen molar-refractivity contribution in [3.05, 3.63) is 29.8 Å². The number of hydrogen-bond donors (Lipinski definition) is 2. The maximum atomic E-state index is 12.1. The molecule has 1 aromatic rings. The van der Waals surface area contributed by atoms with Gasteiger partial charge in [-0.15, -0.1) is 0 Å². The maximum absolute atomic E-state index is 12.1. The standard InChI is InChI=1S/C14H21NO4S/c1-3-6-12(16)10-15-20(18,19)13-8-5-7-11(9-13)14(17)4-2/h5,7-9,12,15-16H,3-4,6,10H2,1-2H3. The Balaban J connectivity index is 2.85. The fraction of sp³-hybridized carbons (Fsp3) is 0.500. The van der Waals surface area contributed by atoms with Crippen molar-refractivity contribution in [1.82, 2.24) is 4.72 Å². The van der Waals surface area contributed by atoms with Crippen molar-refractivity contribution in [2.45, 2.75) is 44.1 Å². The summed E-state index contributed by atoms with van der Waals surface area (Å²) >= 11 is 0. The number of aliphatic hydroxyl groups excluding tert-OH is 1. The van der Waals surface area contributed by atoms with Crippen LogP contribution in [0.15, 0.2) is 29.2 Å². The summed E-state index contributed by atoms with van der Waals surface area (Å²) in [6, 6.07) is 5.93. The Labute approximate surface area is 120 Å². The Hall–Kier alpha value is -1.24. The Morgan fingerprint density at radius 2 is 2.05 bits per heavy atom. The molecule has 20 heavy (non-hydrogen) atoms. The Morgan fingerprint density at radius 1 is 1.35 bits per heavy atom. The number of hydrogen-bond acceptors (Lipinski definition) is 4. The average molecular weight is 299 g/mol. The average Bonchev–Trinajstić information content (AvgIpc) is 2.45. The molecule has 1 atom stereocenters. The van der Waals surface area contributed by atoms with Gasteiger partial charge in [0.05, 0.1) is 11.0 Å². The number of carbonyl (C=O) groups is 1. The number of sulfonamides is 1. The van der Waals surface area contributed by atoms with E-state index in [1.54, 1.807) is 19.1 Å². The van der Waals surface area contributed by atoms with Gasteiger partial charge in [-0.2, -0.15) is 0 Å². The summed E-state index contributed by atoms with van der Waals surface area (Å²) in [6.45, 7) is 3.61. The van der Waals surface area contributed by atoms with Crippen LogP contribution in [0.1, 0.15) is 43.5 Å². The van der Waals surface area contributed by atoms with Crippen molar-refractivity contribution < 1.29 is 18.3 Å². The third kappa shape index (κ3) is 4.70. The summed E-state index contributed by atoms with van der Waals surface area (Å²) in [5.74, 6) is -0.104. The lowest BCUT2D eigenvalue weighted by atomic mass is 10.1. The van der Waals surface area contributed by atoms with Gasteiger partial charge in [0, 0.05) is 18.5 Å². The van der Waals surface area contributed by atoms with Crippen LogP contribution in [0.25, 0.3) is 0 Å². The lowest BCUT2D eigenvalue weighted by molar-refractivity contribution is 0.0988. The van der Waals surface area contributed by atoms with Crippen LogP contribution < -0.4 is 4.72 Å². The zero-order chi connectivity index (χ0) is 15.2. The monoisotopic (exact) mass is 299 g/mol. The first-order chi connectivity index (χ1) is 9.40. The van der Waals surface area contributed by atoms with E-state index in [9.17, 15) is 18.3 Å². The zero-order valence-corrected chi connectivity index (χ0v) is 12.6. The van der Waals surface area contributed by atoms with E-state index < -0.39 is 16.1 Å². The van der Waals surface area contributed by atoms with Gasteiger partial charge in [0.25, 0.3) is 0 Å². The van der Waals surface area contributed by atoms with E-state index in [4.69, 9.17) is 0 Å². The van der Waals surface area contributed by atoms with E-state index >= 15 is 0 Å². The van der Waals surface area contributed by atoms with Crippen LogP contribution in [-0.4, -0.2) is 32.0 Å². The lowest BCUT2D eigenvalue weighted by Crippen LogP contribution is -2.32. The largest absolute Gasteiger partial charge is 0.392 e. The minimum Gasteiger partial charge on any atom is -0.392 e. The first kappa shape index (κ1) is 16.8. The molecule has 0 heterocycles. The third-order valence-corrected chi connectivity index (χ3v) is 4.34. The van der Waals surface area contributed by atoms with Crippen LogP contribution >= 0.6 is 0 Å². The molecule has 1 rings (SSSR count). The molecule has 0 bridgehead atoms. The highest BCUT2D eigenvalue weighted by molar-refractivity contribution is 7.89. The molecule has 0 saturated heterocycles. The number of nitrogens with one attached hydrogen (secondary N) is 1. The van der Waals surface area contributed by atoms with Crippen LogP contribution in [0, 0.1) is 0 Å². The maximum Gasteiger partial charge on any atom is 0.240 e. The molecule has 5 nitrogen and oxygen atoms in total.